The fourth-order valence-corrected chi connectivity index (χ4v) is 2.04. The van der Waals surface area contributed by atoms with E-state index in [2.05, 4.69) is 17.0 Å². The van der Waals surface area contributed by atoms with Crippen LogP contribution in [0, 0.1) is 5.21 Å². The van der Waals surface area contributed by atoms with Crippen LogP contribution in [0.15, 0.2) is 24.3 Å². The molecule has 1 aliphatic heterocycles. The Morgan fingerprint density at radius 3 is 2.29 bits per heavy atom. The van der Waals surface area contributed by atoms with E-state index in [9.17, 15) is 5.21 Å². The summed E-state index contributed by atoms with van der Waals surface area (Å²) in [5.41, 5.74) is 2.23. The van der Waals surface area contributed by atoms with Crippen molar-refractivity contribution in [1.82, 2.24) is 0 Å². The molecule has 0 atom stereocenters. The molecule has 1 heterocycles. The van der Waals surface area contributed by atoms with Crippen LogP contribution in [0.1, 0.15) is 32.3 Å². The molecule has 1 fully saturated rings. The van der Waals surface area contributed by atoms with E-state index in [0.717, 1.165) is 23.4 Å². The Labute approximate surface area is 103 Å². The number of hydrogen-bond acceptors (Lipinski definition) is 2. The molecule has 2 rings (SSSR count). The van der Waals surface area contributed by atoms with Gasteiger partial charge in [-0.15, -0.1) is 0 Å². The Morgan fingerprint density at radius 2 is 1.76 bits per heavy atom. The molecule has 0 aromatic heterocycles. The van der Waals surface area contributed by atoms with Gasteiger partial charge in [-0.25, -0.2) is 4.74 Å². The minimum Gasteiger partial charge on any atom is -0.624 e. The largest absolute Gasteiger partial charge is 0.624 e. The number of rotatable bonds is 3. The maximum Gasteiger partial charge on any atom is 0.182 e. The van der Waals surface area contributed by atoms with Crippen molar-refractivity contribution in [2.45, 2.75) is 32.7 Å². The van der Waals surface area contributed by atoms with E-state index in [0.29, 0.717) is 0 Å². The molecule has 3 nitrogen and oxygen atoms in total. The molecule has 0 spiro atoms. The first-order chi connectivity index (χ1) is 8.16. The monoisotopic (exact) mass is 232 g/mol. The third-order valence-corrected chi connectivity index (χ3v) is 3.15. The molecule has 0 saturated carbocycles. The normalized spacial score (nSPS) is 16.9. The zero-order valence-corrected chi connectivity index (χ0v) is 10.6. The molecule has 0 bridgehead atoms. The number of nitrogens with zero attached hydrogens (tertiary/aromatic N) is 2. The molecule has 0 amide bonds. The van der Waals surface area contributed by atoms with E-state index in [-0.39, 0.29) is 6.04 Å². The summed E-state index contributed by atoms with van der Waals surface area (Å²) in [5.74, 6) is 0. The number of hydrogen-bond donors (Lipinski definition) is 0. The second-order valence-corrected chi connectivity index (χ2v) is 4.87. The van der Waals surface area contributed by atoms with Crippen molar-refractivity contribution in [3.8, 4) is 0 Å². The van der Waals surface area contributed by atoms with Gasteiger partial charge in [0, 0.05) is 24.3 Å². The topological polar surface area (TPSA) is 29.3 Å². The first-order valence-electron chi connectivity index (χ1n) is 6.32. The van der Waals surface area contributed by atoms with E-state index in [1.807, 2.05) is 26.0 Å². The van der Waals surface area contributed by atoms with Gasteiger partial charge in [-0.1, -0.05) is 0 Å². The average molecular weight is 232 g/mol. The second-order valence-electron chi connectivity index (χ2n) is 4.87. The van der Waals surface area contributed by atoms with Gasteiger partial charge in [-0.2, -0.15) is 0 Å². The molecule has 17 heavy (non-hydrogen) atoms. The highest BCUT2D eigenvalue weighted by atomic mass is 16.5. The lowest BCUT2D eigenvalue weighted by Crippen LogP contribution is -2.17. The summed E-state index contributed by atoms with van der Waals surface area (Å²) >= 11 is 0. The quantitative estimate of drug-likeness (QED) is 0.347. The van der Waals surface area contributed by atoms with Crippen molar-refractivity contribution in [1.29, 1.82) is 0 Å². The van der Waals surface area contributed by atoms with Crippen LogP contribution in [0.2, 0.25) is 0 Å². The van der Waals surface area contributed by atoms with Gasteiger partial charge in [0.05, 0.1) is 0 Å². The standard InChI is InChI=1S/C14H20N2O/c1-12(2)16(17)11-13-5-7-14(8-6-13)15-9-3-4-10-15/h5-8,11-12H,3-4,9-10H2,1-2H3. The average Bonchev–Trinajstić information content (AvgIpc) is 2.83. The molecular formula is C14H20N2O. The molecule has 1 aromatic carbocycles. The molecule has 0 radical (unpaired) electrons. The minimum absolute atomic E-state index is 0.00624. The van der Waals surface area contributed by atoms with Crippen LogP contribution >= 0.6 is 0 Å². The Kier molecular flexibility index (Phi) is 3.67. The van der Waals surface area contributed by atoms with Gasteiger partial charge in [0.1, 0.15) is 0 Å². The SMILES string of the molecule is CC(C)[N+]([O-])=Cc1ccc(N2CCCC2)cc1. The predicted molar refractivity (Wildman–Crippen MR) is 71.8 cm³/mol. The molecule has 3 heteroatoms. The van der Waals surface area contributed by atoms with Gasteiger partial charge >= 0.3 is 0 Å². The Morgan fingerprint density at radius 1 is 1.18 bits per heavy atom. The lowest BCUT2D eigenvalue weighted by Gasteiger charge is -2.17. The Bertz CT molecular complexity index is 389. The summed E-state index contributed by atoms with van der Waals surface area (Å²) in [6.07, 6.45) is 4.23. The fraction of sp³-hybridized carbons (Fsp3) is 0.500. The summed E-state index contributed by atoms with van der Waals surface area (Å²) in [7, 11) is 0. The van der Waals surface area contributed by atoms with Crippen LogP contribution in [-0.4, -0.2) is 30.1 Å². The fourth-order valence-electron chi connectivity index (χ4n) is 2.04. The van der Waals surface area contributed by atoms with Crippen molar-refractivity contribution in [2.24, 2.45) is 0 Å². The second kappa shape index (κ2) is 5.21. The van der Waals surface area contributed by atoms with Crippen LogP contribution < -0.4 is 4.90 Å². The van der Waals surface area contributed by atoms with E-state index < -0.39 is 0 Å². The third-order valence-electron chi connectivity index (χ3n) is 3.15. The molecule has 0 N–H and O–H groups in total. The molecule has 0 unspecified atom stereocenters. The smallest absolute Gasteiger partial charge is 0.182 e. The maximum absolute atomic E-state index is 11.5. The minimum atomic E-state index is -0.00624. The lowest BCUT2D eigenvalue weighted by atomic mass is 10.2. The van der Waals surface area contributed by atoms with Gasteiger partial charge in [-0.3, -0.25) is 0 Å². The van der Waals surface area contributed by atoms with E-state index in [1.165, 1.54) is 18.5 Å². The van der Waals surface area contributed by atoms with Gasteiger partial charge in [0.15, 0.2) is 12.3 Å². The molecule has 92 valence electrons. The first-order valence-corrected chi connectivity index (χ1v) is 6.32. The van der Waals surface area contributed by atoms with Crippen molar-refractivity contribution in [3.63, 3.8) is 0 Å². The van der Waals surface area contributed by atoms with Gasteiger partial charge in [0.2, 0.25) is 0 Å². The van der Waals surface area contributed by atoms with Crippen molar-refractivity contribution < 1.29 is 4.74 Å². The summed E-state index contributed by atoms with van der Waals surface area (Å²) in [6.45, 7) is 6.09. The van der Waals surface area contributed by atoms with Crippen LogP contribution in [-0.2, 0) is 0 Å². The first kappa shape index (κ1) is 12.0. The summed E-state index contributed by atoms with van der Waals surface area (Å²) in [4.78, 5) is 2.39. The summed E-state index contributed by atoms with van der Waals surface area (Å²) in [6, 6.07) is 8.23. The highest BCUT2D eigenvalue weighted by Gasteiger charge is 2.11. The van der Waals surface area contributed by atoms with Crippen LogP contribution in [0.5, 0.6) is 0 Å². The van der Waals surface area contributed by atoms with Crippen LogP contribution in [0.25, 0.3) is 0 Å². The van der Waals surface area contributed by atoms with Gasteiger partial charge < -0.3 is 10.1 Å². The highest BCUT2D eigenvalue weighted by molar-refractivity contribution is 5.76. The summed E-state index contributed by atoms with van der Waals surface area (Å²) < 4.78 is 0.991. The predicted octanol–water partition coefficient (Wildman–Crippen LogP) is 2.62. The Hall–Kier alpha value is -1.51. The van der Waals surface area contributed by atoms with E-state index in [4.69, 9.17) is 0 Å². The zero-order valence-electron chi connectivity index (χ0n) is 10.6. The lowest BCUT2D eigenvalue weighted by molar-refractivity contribution is -0.487. The third kappa shape index (κ3) is 2.99. The number of benzene rings is 1. The molecule has 1 saturated heterocycles. The zero-order chi connectivity index (χ0) is 12.3. The molecule has 1 aliphatic rings. The van der Waals surface area contributed by atoms with Crippen molar-refractivity contribution in [3.05, 3.63) is 35.0 Å². The summed E-state index contributed by atoms with van der Waals surface area (Å²) in [5, 5.41) is 11.5. The van der Waals surface area contributed by atoms with Gasteiger partial charge in [0.25, 0.3) is 0 Å². The van der Waals surface area contributed by atoms with Gasteiger partial charge in [-0.05, 0) is 51.0 Å². The van der Waals surface area contributed by atoms with Crippen molar-refractivity contribution in [2.75, 3.05) is 18.0 Å². The van der Waals surface area contributed by atoms with Crippen LogP contribution in [0.4, 0.5) is 5.69 Å². The molecule has 1 aromatic rings. The maximum atomic E-state index is 11.5. The molecule has 0 aliphatic carbocycles. The van der Waals surface area contributed by atoms with Crippen molar-refractivity contribution >= 4 is 11.9 Å². The number of hydroxylamine groups is 1. The van der Waals surface area contributed by atoms with E-state index >= 15 is 0 Å². The Balaban J connectivity index is 2.10. The molecular weight excluding hydrogens is 212 g/mol. The highest BCUT2D eigenvalue weighted by Crippen LogP contribution is 2.19. The number of anilines is 1. The van der Waals surface area contributed by atoms with E-state index in [1.54, 1.807) is 6.21 Å². The van der Waals surface area contributed by atoms with Crippen LogP contribution in [0.3, 0.4) is 0 Å².